The van der Waals surface area contributed by atoms with Crippen molar-refractivity contribution in [3.05, 3.63) is 44.9 Å². The highest BCUT2D eigenvalue weighted by molar-refractivity contribution is 7.16. The van der Waals surface area contributed by atoms with Crippen LogP contribution in [0.2, 0.25) is 0 Å². The molecule has 0 aliphatic rings. The van der Waals surface area contributed by atoms with Crippen LogP contribution in [0.4, 0.5) is 0 Å². The predicted octanol–water partition coefficient (Wildman–Crippen LogP) is 2.88. The molecule has 0 aliphatic heterocycles. The summed E-state index contributed by atoms with van der Waals surface area (Å²) in [6, 6.07) is 8.06. The van der Waals surface area contributed by atoms with Crippen LogP contribution in [0.1, 0.15) is 11.1 Å². The lowest BCUT2D eigenvalue weighted by Gasteiger charge is -2.00. The van der Waals surface area contributed by atoms with Crippen molar-refractivity contribution in [2.24, 2.45) is 0 Å². The molecule has 2 aromatic rings. The Labute approximate surface area is 80.7 Å². The van der Waals surface area contributed by atoms with E-state index < -0.39 is 0 Å². The van der Waals surface area contributed by atoms with E-state index in [0.29, 0.717) is 0 Å². The van der Waals surface area contributed by atoms with Gasteiger partial charge in [0, 0.05) is 10.3 Å². The molecule has 0 N–H and O–H groups in total. The second-order valence-electron chi connectivity index (χ2n) is 3.21. The Balaban J connectivity index is 2.97. The summed E-state index contributed by atoms with van der Waals surface area (Å²) in [5.74, 6) is 0. The zero-order valence-electron chi connectivity index (χ0n) is 7.63. The maximum absolute atomic E-state index is 11.4. The van der Waals surface area contributed by atoms with E-state index in [4.69, 9.17) is 0 Å². The molecule has 0 saturated carbocycles. The summed E-state index contributed by atoms with van der Waals surface area (Å²) < 4.78 is 1.28. The largest absolute Gasteiger partial charge is 0.278 e. The van der Waals surface area contributed by atoms with Gasteiger partial charge in [-0.2, -0.15) is 0 Å². The summed E-state index contributed by atoms with van der Waals surface area (Å²) >= 11 is 1.34. The van der Waals surface area contributed by atoms with Gasteiger partial charge in [0.1, 0.15) is 0 Å². The van der Waals surface area contributed by atoms with Gasteiger partial charge in [0.05, 0.1) is 0 Å². The zero-order chi connectivity index (χ0) is 9.42. The Morgan fingerprint density at radius 3 is 2.69 bits per heavy atom. The number of fused-ring (bicyclic) bond motifs is 1. The van der Waals surface area contributed by atoms with Crippen molar-refractivity contribution in [2.75, 3.05) is 0 Å². The van der Waals surface area contributed by atoms with E-state index in [1.165, 1.54) is 22.3 Å². The highest BCUT2D eigenvalue weighted by atomic mass is 32.1. The van der Waals surface area contributed by atoms with Crippen molar-refractivity contribution in [3.8, 4) is 0 Å². The average Bonchev–Trinajstić information content (AvgIpc) is 2.09. The first kappa shape index (κ1) is 8.45. The molecule has 1 heterocycles. The lowest BCUT2D eigenvalue weighted by Crippen LogP contribution is -1.97. The molecule has 0 amide bonds. The fraction of sp³-hybridized carbons (Fsp3) is 0.182. The lowest BCUT2D eigenvalue weighted by molar-refractivity contribution is 1.48. The minimum absolute atomic E-state index is 0.168. The van der Waals surface area contributed by atoms with Crippen molar-refractivity contribution in [1.29, 1.82) is 0 Å². The lowest BCUT2D eigenvalue weighted by atomic mass is 10.1. The van der Waals surface area contributed by atoms with E-state index in [1.54, 1.807) is 0 Å². The topological polar surface area (TPSA) is 17.1 Å². The van der Waals surface area contributed by atoms with Crippen LogP contribution in [0, 0.1) is 13.8 Å². The Kier molecular flexibility index (Phi) is 1.93. The molecule has 2 heteroatoms. The summed E-state index contributed by atoms with van der Waals surface area (Å²) in [4.78, 5) is 11.4. The Morgan fingerprint density at radius 1 is 1.15 bits per heavy atom. The van der Waals surface area contributed by atoms with Crippen LogP contribution in [0.3, 0.4) is 0 Å². The fourth-order valence-corrected chi connectivity index (χ4v) is 2.27. The highest BCUT2D eigenvalue weighted by Crippen LogP contribution is 2.20. The molecule has 0 saturated heterocycles. The third-order valence-electron chi connectivity index (χ3n) is 2.13. The summed E-state index contributed by atoms with van der Waals surface area (Å²) in [5.41, 5.74) is 2.02. The number of hydrogen-bond donors (Lipinski definition) is 0. The minimum Gasteiger partial charge on any atom is -0.278 e. The van der Waals surface area contributed by atoms with Gasteiger partial charge in [-0.25, -0.2) is 0 Å². The summed E-state index contributed by atoms with van der Waals surface area (Å²) in [7, 11) is 0. The third-order valence-corrected chi connectivity index (χ3v) is 3.40. The van der Waals surface area contributed by atoms with Gasteiger partial charge in [0.25, 0.3) is 0 Å². The van der Waals surface area contributed by atoms with Crippen LogP contribution in [0.15, 0.2) is 29.1 Å². The van der Waals surface area contributed by atoms with Crippen LogP contribution in [-0.4, -0.2) is 0 Å². The van der Waals surface area contributed by atoms with E-state index in [0.717, 1.165) is 10.3 Å². The first-order chi connectivity index (χ1) is 6.18. The van der Waals surface area contributed by atoms with Gasteiger partial charge in [-0.15, -0.1) is 0 Å². The second-order valence-corrected chi connectivity index (χ2v) is 4.19. The van der Waals surface area contributed by atoms with Crippen molar-refractivity contribution in [2.45, 2.75) is 13.8 Å². The molecule has 66 valence electrons. The van der Waals surface area contributed by atoms with Crippen LogP contribution < -0.4 is 4.74 Å². The van der Waals surface area contributed by atoms with Crippen LogP contribution in [0.25, 0.3) is 10.1 Å². The standard InChI is InChI=1S/C11H10OS/c1-7-4-3-5-9-6-8(2)11(12)13-10(7)9/h3-6H,1-2H3. The molecule has 2 rings (SSSR count). The van der Waals surface area contributed by atoms with E-state index in [9.17, 15) is 4.79 Å². The van der Waals surface area contributed by atoms with Gasteiger partial charge in [-0.05, 0) is 30.9 Å². The first-order valence-electron chi connectivity index (χ1n) is 4.18. The molecule has 0 unspecified atom stereocenters. The monoisotopic (exact) mass is 190 g/mol. The van der Waals surface area contributed by atoms with Gasteiger partial charge >= 0.3 is 0 Å². The predicted molar refractivity (Wildman–Crippen MR) is 57.6 cm³/mol. The maximum Gasteiger partial charge on any atom is 0.235 e. The van der Waals surface area contributed by atoms with Crippen molar-refractivity contribution < 1.29 is 0 Å². The molecule has 13 heavy (non-hydrogen) atoms. The van der Waals surface area contributed by atoms with Gasteiger partial charge in [-0.1, -0.05) is 29.5 Å². The minimum atomic E-state index is 0.168. The van der Waals surface area contributed by atoms with E-state index in [2.05, 4.69) is 0 Å². The van der Waals surface area contributed by atoms with Crippen LogP contribution >= 0.6 is 11.3 Å². The Hall–Kier alpha value is -1.15. The van der Waals surface area contributed by atoms with Crippen molar-refractivity contribution in [3.63, 3.8) is 0 Å². The van der Waals surface area contributed by atoms with E-state index in [-0.39, 0.29) is 4.74 Å². The molecule has 0 radical (unpaired) electrons. The van der Waals surface area contributed by atoms with Crippen molar-refractivity contribution >= 4 is 21.4 Å². The summed E-state index contributed by atoms with van der Waals surface area (Å²) in [6.07, 6.45) is 0. The molecular formula is C11H10OS. The number of rotatable bonds is 0. The van der Waals surface area contributed by atoms with Gasteiger partial charge in [0.2, 0.25) is 4.74 Å². The molecule has 1 aromatic heterocycles. The molecule has 0 atom stereocenters. The molecule has 1 aromatic carbocycles. The molecule has 1 nitrogen and oxygen atoms in total. The quantitative estimate of drug-likeness (QED) is 0.624. The molecular weight excluding hydrogens is 180 g/mol. The van der Waals surface area contributed by atoms with Crippen LogP contribution in [0.5, 0.6) is 0 Å². The van der Waals surface area contributed by atoms with E-state index >= 15 is 0 Å². The summed E-state index contributed by atoms with van der Waals surface area (Å²) in [5, 5.41) is 1.17. The zero-order valence-corrected chi connectivity index (χ0v) is 8.44. The first-order valence-corrected chi connectivity index (χ1v) is 5.00. The van der Waals surface area contributed by atoms with Crippen LogP contribution in [-0.2, 0) is 0 Å². The Bertz CT molecular complexity index is 511. The average molecular weight is 190 g/mol. The fourth-order valence-electron chi connectivity index (χ4n) is 1.39. The molecule has 0 bridgehead atoms. The van der Waals surface area contributed by atoms with E-state index in [1.807, 2.05) is 38.1 Å². The SMILES string of the molecule is Cc1cc2cccc(C)c2sc1=O. The normalized spacial score (nSPS) is 10.6. The Morgan fingerprint density at radius 2 is 1.92 bits per heavy atom. The van der Waals surface area contributed by atoms with Gasteiger partial charge in [0.15, 0.2) is 0 Å². The van der Waals surface area contributed by atoms with Crippen molar-refractivity contribution in [1.82, 2.24) is 0 Å². The summed E-state index contributed by atoms with van der Waals surface area (Å²) in [6.45, 7) is 3.90. The highest BCUT2D eigenvalue weighted by Gasteiger charge is 2.00. The number of benzene rings is 1. The maximum atomic E-state index is 11.4. The van der Waals surface area contributed by atoms with Gasteiger partial charge < -0.3 is 0 Å². The smallest absolute Gasteiger partial charge is 0.235 e. The molecule has 0 aliphatic carbocycles. The van der Waals surface area contributed by atoms with Gasteiger partial charge in [-0.3, -0.25) is 4.79 Å². The number of aryl methyl sites for hydroxylation is 2. The second kappa shape index (κ2) is 2.96. The number of hydrogen-bond acceptors (Lipinski definition) is 2. The third kappa shape index (κ3) is 1.38. The molecule has 0 spiro atoms. The molecule has 0 fully saturated rings.